The first-order valence-corrected chi connectivity index (χ1v) is 15.6. The zero-order valence-corrected chi connectivity index (χ0v) is 24.2. The lowest BCUT2D eigenvalue weighted by molar-refractivity contribution is 0.0738. The molecule has 9 nitrogen and oxygen atoms in total. The van der Waals surface area contributed by atoms with Crippen LogP contribution in [0.25, 0.3) is 32.5 Å². The number of morpholine rings is 1. The Morgan fingerprint density at radius 1 is 1.10 bits per heavy atom. The molecule has 0 bridgehead atoms. The fourth-order valence-electron chi connectivity index (χ4n) is 6.24. The normalized spacial score (nSPS) is 19.4. The van der Waals surface area contributed by atoms with Crippen molar-refractivity contribution in [2.45, 2.75) is 38.3 Å². The largest absolute Gasteiger partial charge is 0.383 e. The maximum absolute atomic E-state index is 5.66. The molecule has 2 aliphatic heterocycles. The average molecular weight is 562 g/mol. The SMILES string of the molecule is COCCN(CC1CC1)C1CCN(Cc2cc3nc(-c4cccc5[nH]ncc45)nc(N4CCOCC4)c3s2)CC1. The smallest absolute Gasteiger partial charge is 0.162 e. The van der Waals surface area contributed by atoms with Crippen molar-refractivity contribution < 1.29 is 9.47 Å². The summed E-state index contributed by atoms with van der Waals surface area (Å²) in [6, 6.07) is 9.16. The topological polar surface area (TPSA) is 82.6 Å². The van der Waals surface area contributed by atoms with Crippen molar-refractivity contribution in [3.05, 3.63) is 35.3 Å². The van der Waals surface area contributed by atoms with Gasteiger partial charge in [-0.2, -0.15) is 5.10 Å². The number of likely N-dealkylation sites (tertiary alicyclic amines) is 1. The molecule has 4 aromatic rings. The second-order valence-corrected chi connectivity index (χ2v) is 12.6. The van der Waals surface area contributed by atoms with Crippen LogP contribution in [0.5, 0.6) is 0 Å². The van der Waals surface area contributed by atoms with Crippen LogP contribution in [0.15, 0.2) is 30.5 Å². The van der Waals surface area contributed by atoms with Gasteiger partial charge in [-0.1, -0.05) is 12.1 Å². The lowest BCUT2D eigenvalue weighted by Crippen LogP contribution is -2.46. The quantitative estimate of drug-likeness (QED) is 0.305. The molecule has 0 unspecified atom stereocenters. The van der Waals surface area contributed by atoms with E-state index in [1.165, 1.54) is 41.8 Å². The summed E-state index contributed by atoms with van der Waals surface area (Å²) in [4.78, 5) is 19.3. The molecule has 0 radical (unpaired) electrons. The van der Waals surface area contributed by atoms with E-state index in [9.17, 15) is 0 Å². The number of aromatic nitrogens is 4. The molecule has 3 aliphatic rings. The summed E-state index contributed by atoms with van der Waals surface area (Å²) in [5.41, 5.74) is 3.06. The molecule has 0 atom stereocenters. The minimum atomic E-state index is 0.682. The second kappa shape index (κ2) is 11.7. The summed E-state index contributed by atoms with van der Waals surface area (Å²) in [5, 5.41) is 8.39. The average Bonchev–Trinajstić information content (AvgIpc) is 3.51. The summed E-state index contributed by atoms with van der Waals surface area (Å²) in [5.74, 6) is 2.71. The fourth-order valence-corrected chi connectivity index (χ4v) is 7.40. The molecule has 40 heavy (non-hydrogen) atoms. The predicted molar refractivity (Wildman–Crippen MR) is 160 cm³/mol. The number of hydrogen-bond donors (Lipinski definition) is 1. The minimum Gasteiger partial charge on any atom is -0.383 e. The molecular weight excluding hydrogens is 522 g/mol. The Morgan fingerprint density at radius 3 is 2.75 bits per heavy atom. The first-order valence-electron chi connectivity index (χ1n) is 14.8. The summed E-state index contributed by atoms with van der Waals surface area (Å²) >= 11 is 1.86. The summed E-state index contributed by atoms with van der Waals surface area (Å²) in [6.07, 6.45) is 7.15. The molecule has 7 rings (SSSR count). The molecule has 1 aliphatic carbocycles. The van der Waals surface area contributed by atoms with Crippen LogP contribution >= 0.6 is 11.3 Å². The Balaban J connectivity index is 1.12. The molecule has 5 heterocycles. The number of piperidine rings is 1. The monoisotopic (exact) mass is 561 g/mol. The van der Waals surface area contributed by atoms with E-state index in [-0.39, 0.29) is 0 Å². The highest BCUT2D eigenvalue weighted by Gasteiger charge is 2.30. The maximum atomic E-state index is 5.66. The van der Waals surface area contributed by atoms with Crippen LogP contribution in [-0.4, -0.2) is 102 Å². The third-order valence-electron chi connectivity index (χ3n) is 8.67. The van der Waals surface area contributed by atoms with Crippen molar-refractivity contribution >= 4 is 38.3 Å². The van der Waals surface area contributed by atoms with Gasteiger partial charge in [0, 0.05) is 74.8 Å². The number of nitrogens with zero attached hydrogens (tertiary/aromatic N) is 6. The van der Waals surface area contributed by atoms with Gasteiger partial charge in [-0.3, -0.25) is 14.9 Å². The van der Waals surface area contributed by atoms with Crippen LogP contribution in [0.1, 0.15) is 30.6 Å². The van der Waals surface area contributed by atoms with Crippen LogP contribution < -0.4 is 4.90 Å². The Hall–Kier alpha value is -2.63. The van der Waals surface area contributed by atoms with Crippen molar-refractivity contribution in [1.82, 2.24) is 30.0 Å². The molecule has 0 amide bonds. The molecule has 1 saturated carbocycles. The van der Waals surface area contributed by atoms with E-state index < -0.39 is 0 Å². The van der Waals surface area contributed by atoms with Crippen molar-refractivity contribution in [3.8, 4) is 11.4 Å². The van der Waals surface area contributed by atoms with Gasteiger partial charge in [0.1, 0.15) is 0 Å². The van der Waals surface area contributed by atoms with Gasteiger partial charge in [0.25, 0.3) is 0 Å². The van der Waals surface area contributed by atoms with Crippen LogP contribution in [0.3, 0.4) is 0 Å². The second-order valence-electron chi connectivity index (χ2n) is 11.5. The highest BCUT2D eigenvalue weighted by atomic mass is 32.1. The number of rotatable bonds is 10. The van der Waals surface area contributed by atoms with Crippen molar-refractivity contribution in [2.75, 3.05) is 71.1 Å². The van der Waals surface area contributed by atoms with Crippen molar-refractivity contribution in [3.63, 3.8) is 0 Å². The Morgan fingerprint density at radius 2 is 1.95 bits per heavy atom. The van der Waals surface area contributed by atoms with E-state index in [1.54, 1.807) is 0 Å². The summed E-state index contributed by atoms with van der Waals surface area (Å²) < 4.78 is 12.3. The van der Waals surface area contributed by atoms with E-state index in [4.69, 9.17) is 19.4 Å². The van der Waals surface area contributed by atoms with Gasteiger partial charge in [-0.25, -0.2) is 9.97 Å². The number of fused-ring (bicyclic) bond motifs is 2. The minimum absolute atomic E-state index is 0.682. The third kappa shape index (κ3) is 5.60. The standard InChI is InChI=1S/C30H39N7O2S/c1-38-14-11-37(19-21-5-6-21)22-7-9-35(10-8-22)20-23-17-27-28(40-23)30(36-12-15-39-16-13-36)33-29(32-27)24-3-2-4-26-25(24)18-31-34-26/h2-4,17-18,21-22H,5-16,19-20H2,1H3,(H,31,34). The fraction of sp³-hybridized carbons (Fsp3) is 0.567. The molecule has 10 heteroatoms. The Kier molecular flexibility index (Phi) is 7.68. The number of benzene rings is 1. The van der Waals surface area contributed by atoms with Crippen molar-refractivity contribution in [2.24, 2.45) is 5.92 Å². The van der Waals surface area contributed by atoms with Crippen LogP contribution in [-0.2, 0) is 16.0 Å². The predicted octanol–water partition coefficient (Wildman–Crippen LogP) is 4.39. The number of H-pyrrole nitrogens is 1. The highest BCUT2D eigenvalue weighted by molar-refractivity contribution is 7.19. The number of nitrogens with one attached hydrogen (secondary N) is 1. The van der Waals surface area contributed by atoms with Gasteiger partial charge in [0.05, 0.1) is 41.8 Å². The number of hydrogen-bond acceptors (Lipinski definition) is 9. The lowest BCUT2D eigenvalue weighted by atomic mass is 10.0. The van der Waals surface area contributed by atoms with Gasteiger partial charge in [-0.15, -0.1) is 11.3 Å². The Labute approximate surface area is 239 Å². The van der Waals surface area contributed by atoms with Gasteiger partial charge in [-0.05, 0) is 43.7 Å². The first kappa shape index (κ1) is 26.3. The number of methoxy groups -OCH3 is 1. The number of thiophene rings is 1. The van der Waals surface area contributed by atoms with Gasteiger partial charge in [0.2, 0.25) is 0 Å². The van der Waals surface area contributed by atoms with Gasteiger partial charge >= 0.3 is 0 Å². The zero-order chi connectivity index (χ0) is 26.9. The number of ether oxygens (including phenoxy) is 2. The van der Waals surface area contributed by atoms with E-state index in [1.807, 2.05) is 36.8 Å². The van der Waals surface area contributed by atoms with Crippen LogP contribution in [0.2, 0.25) is 0 Å². The maximum Gasteiger partial charge on any atom is 0.162 e. The summed E-state index contributed by atoms with van der Waals surface area (Å²) in [7, 11) is 1.82. The van der Waals surface area contributed by atoms with Crippen LogP contribution in [0.4, 0.5) is 5.82 Å². The van der Waals surface area contributed by atoms with Crippen molar-refractivity contribution in [1.29, 1.82) is 0 Å². The molecule has 3 fully saturated rings. The molecule has 3 aromatic heterocycles. The van der Waals surface area contributed by atoms with E-state index in [0.29, 0.717) is 6.04 Å². The van der Waals surface area contributed by atoms with Gasteiger partial charge in [0.15, 0.2) is 11.6 Å². The van der Waals surface area contributed by atoms with Gasteiger partial charge < -0.3 is 14.4 Å². The molecule has 1 N–H and O–H groups in total. The summed E-state index contributed by atoms with van der Waals surface area (Å²) in [6.45, 7) is 9.56. The zero-order valence-electron chi connectivity index (χ0n) is 23.3. The highest BCUT2D eigenvalue weighted by Crippen LogP contribution is 2.37. The molecule has 0 spiro atoms. The number of aromatic amines is 1. The lowest BCUT2D eigenvalue weighted by Gasteiger charge is -2.38. The first-order chi connectivity index (χ1) is 19.7. The molecule has 2 saturated heterocycles. The third-order valence-corrected chi connectivity index (χ3v) is 9.77. The molecular formula is C30H39N7O2S. The van der Waals surface area contributed by atoms with E-state index >= 15 is 0 Å². The molecule has 212 valence electrons. The van der Waals surface area contributed by atoms with E-state index in [2.05, 4.69) is 37.0 Å². The van der Waals surface area contributed by atoms with Crippen LogP contribution in [0, 0.1) is 5.92 Å². The number of anilines is 1. The molecule has 1 aromatic carbocycles. The van der Waals surface area contributed by atoms with E-state index in [0.717, 1.165) is 98.6 Å². The Bertz CT molecular complexity index is 1440.